The second-order valence-corrected chi connectivity index (χ2v) is 7.01. The van der Waals surface area contributed by atoms with Crippen molar-refractivity contribution in [3.05, 3.63) is 36.2 Å². The molecule has 3 rings (SSSR count). The summed E-state index contributed by atoms with van der Waals surface area (Å²) >= 11 is 0. The number of hydrogen-bond acceptors (Lipinski definition) is 5. The summed E-state index contributed by atoms with van der Waals surface area (Å²) in [5.74, 6) is 1.22. The molecule has 1 saturated carbocycles. The van der Waals surface area contributed by atoms with Gasteiger partial charge in [-0.05, 0) is 45.7 Å². The highest BCUT2D eigenvalue weighted by Gasteiger charge is 2.21. The fourth-order valence-corrected chi connectivity index (χ4v) is 2.54. The molecule has 0 saturated heterocycles. The van der Waals surface area contributed by atoms with Gasteiger partial charge in [0.15, 0.2) is 5.82 Å². The van der Waals surface area contributed by atoms with Gasteiger partial charge in [-0.1, -0.05) is 6.42 Å². The monoisotopic (exact) mass is 329 g/mol. The third-order valence-electron chi connectivity index (χ3n) is 3.95. The SMILES string of the molecule is CC(C)(C)OC(=O)NCc1ncnn1-c1ccc(C2CCC2)nc1. The van der Waals surface area contributed by atoms with Gasteiger partial charge in [-0.15, -0.1) is 0 Å². The summed E-state index contributed by atoms with van der Waals surface area (Å²) in [4.78, 5) is 20.5. The van der Waals surface area contributed by atoms with Crippen LogP contribution in [0.3, 0.4) is 0 Å². The molecular formula is C17H23N5O2. The normalized spacial score (nSPS) is 15.0. The standard InChI is InChI=1S/C17H23N5O2/c1-17(2,3)24-16(23)19-10-15-20-11-21-22(15)13-7-8-14(18-9-13)12-5-4-6-12/h7-9,11-12H,4-6,10H2,1-3H3,(H,19,23). The molecule has 0 spiro atoms. The molecule has 0 unspecified atom stereocenters. The van der Waals surface area contributed by atoms with Crippen LogP contribution in [0.15, 0.2) is 24.7 Å². The van der Waals surface area contributed by atoms with Crippen LogP contribution in [0.25, 0.3) is 5.69 Å². The molecule has 0 aliphatic heterocycles. The summed E-state index contributed by atoms with van der Waals surface area (Å²) in [6.45, 7) is 5.71. The first-order chi connectivity index (χ1) is 11.4. The van der Waals surface area contributed by atoms with Crippen molar-refractivity contribution in [1.82, 2.24) is 25.1 Å². The van der Waals surface area contributed by atoms with Gasteiger partial charge in [0.25, 0.3) is 0 Å². The molecule has 7 nitrogen and oxygen atoms in total. The van der Waals surface area contributed by atoms with Gasteiger partial charge in [-0.25, -0.2) is 14.5 Å². The Hall–Kier alpha value is -2.44. The van der Waals surface area contributed by atoms with E-state index in [2.05, 4.69) is 20.4 Å². The van der Waals surface area contributed by atoms with Gasteiger partial charge in [0.2, 0.25) is 0 Å². The maximum absolute atomic E-state index is 11.8. The fourth-order valence-electron chi connectivity index (χ4n) is 2.54. The van der Waals surface area contributed by atoms with Crippen molar-refractivity contribution in [2.45, 2.75) is 58.1 Å². The molecule has 1 aliphatic rings. The Morgan fingerprint density at radius 2 is 2.12 bits per heavy atom. The highest BCUT2D eigenvalue weighted by atomic mass is 16.6. The first kappa shape index (κ1) is 16.4. The van der Waals surface area contributed by atoms with Crippen molar-refractivity contribution in [1.29, 1.82) is 0 Å². The first-order valence-electron chi connectivity index (χ1n) is 8.24. The van der Waals surface area contributed by atoms with Gasteiger partial charge in [0, 0.05) is 11.6 Å². The molecule has 2 heterocycles. The van der Waals surface area contributed by atoms with E-state index in [1.165, 1.54) is 25.6 Å². The van der Waals surface area contributed by atoms with Crippen molar-refractivity contribution >= 4 is 6.09 Å². The minimum absolute atomic E-state index is 0.235. The Bertz CT molecular complexity index is 699. The molecule has 1 N–H and O–H groups in total. The smallest absolute Gasteiger partial charge is 0.408 e. The molecule has 2 aromatic rings. The number of amides is 1. The minimum Gasteiger partial charge on any atom is -0.444 e. The number of carbonyl (C=O) groups excluding carboxylic acids is 1. The molecule has 128 valence electrons. The molecule has 0 radical (unpaired) electrons. The van der Waals surface area contributed by atoms with E-state index < -0.39 is 11.7 Å². The highest BCUT2D eigenvalue weighted by Crippen LogP contribution is 2.35. The van der Waals surface area contributed by atoms with Gasteiger partial charge in [0.1, 0.15) is 11.9 Å². The first-order valence-corrected chi connectivity index (χ1v) is 8.24. The predicted octanol–water partition coefficient (Wildman–Crippen LogP) is 2.95. The number of aromatic nitrogens is 4. The van der Waals surface area contributed by atoms with Gasteiger partial charge in [-0.2, -0.15) is 5.10 Å². The number of pyridine rings is 1. The number of nitrogens with one attached hydrogen (secondary N) is 1. The predicted molar refractivity (Wildman–Crippen MR) is 88.8 cm³/mol. The van der Waals surface area contributed by atoms with Crippen molar-refractivity contribution in [3.63, 3.8) is 0 Å². The lowest BCUT2D eigenvalue weighted by Crippen LogP contribution is -2.32. The molecule has 1 aliphatic carbocycles. The topological polar surface area (TPSA) is 81.9 Å². The summed E-state index contributed by atoms with van der Waals surface area (Å²) in [5, 5.41) is 6.92. The molecule has 0 bridgehead atoms. The van der Waals surface area contributed by atoms with Crippen LogP contribution in [0.1, 0.15) is 57.5 Å². The molecule has 1 amide bonds. The molecule has 0 atom stereocenters. The summed E-state index contributed by atoms with van der Waals surface area (Å²) in [7, 11) is 0. The van der Waals surface area contributed by atoms with Crippen molar-refractivity contribution in [2.24, 2.45) is 0 Å². The summed E-state index contributed by atoms with van der Waals surface area (Å²) in [5.41, 5.74) is 1.44. The molecular weight excluding hydrogens is 306 g/mol. The largest absolute Gasteiger partial charge is 0.444 e. The van der Waals surface area contributed by atoms with E-state index in [9.17, 15) is 4.79 Å². The van der Waals surface area contributed by atoms with Crippen LogP contribution in [0.5, 0.6) is 0 Å². The Morgan fingerprint density at radius 1 is 1.33 bits per heavy atom. The summed E-state index contributed by atoms with van der Waals surface area (Å²) < 4.78 is 6.90. The number of ether oxygens (including phenoxy) is 1. The van der Waals surface area contributed by atoms with E-state index in [1.807, 2.05) is 32.9 Å². The van der Waals surface area contributed by atoms with E-state index in [0.717, 1.165) is 11.4 Å². The van der Waals surface area contributed by atoms with Crippen LogP contribution in [0, 0.1) is 0 Å². The third kappa shape index (κ3) is 3.90. The lowest BCUT2D eigenvalue weighted by molar-refractivity contribution is 0.0522. The van der Waals surface area contributed by atoms with Crippen LogP contribution < -0.4 is 5.32 Å². The van der Waals surface area contributed by atoms with E-state index in [0.29, 0.717) is 11.7 Å². The molecule has 1 fully saturated rings. The number of nitrogens with zero attached hydrogens (tertiary/aromatic N) is 4. The molecule has 0 aromatic carbocycles. The van der Waals surface area contributed by atoms with E-state index in [-0.39, 0.29) is 6.54 Å². The van der Waals surface area contributed by atoms with Gasteiger partial charge in [-0.3, -0.25) is 4.98 Å². The van der Waals surface area contributed by atoms with Crippen LogP contribution in [0.4, 0.5) is 4.79 Å². The van der Waals surface area contributed by atoms with Gasteiger partial charge < -0.3 is 10.1 Å². The second-order valence-electron chi connectivity index (χ2n) is 7.01. The molecule has 7 heteroatoms. The van der Waals surface area contributed by atoms with Gasteiger partial charge in [0.05, 0.1) is 18.4 Å². The Balaban J connectivity index is 1.65. The Kier molecular flexibility index (Phi) is 4.51. The van der Waals surface area contributed by atoms with Gasteiger partial charge >= 0.3 is 6.09 Å². The average Bonchev–Trinajstić information content (AvgIpc) is 2.91. The van der Waals surface area contributed by atoms with Crippen LogP contribution in [-0.2, 0) is 11.3 Å². The average molecular weight is 329 g/mol. The van der Waals surface area contributed by atoms with Crippen LogP contribution >= 0.6 is 0 Å². The third-order valence-corrected chi connectivity index (χ3v) is 3.95. The van der Waals surface area contributed by atoms with Crippen LogP contribution in [-0.4, -0.2) is 31.4 Å². The zero-order valence-electron chi connectivity index (χ0n) is 14.3. The van der Waals surface area contributed by atoms with E-state index >= 15 is 0 Å². The quantitative estimate of drug-likeness (QED) is 0.932. The minimum atomic E-state index is -0.529. The van der Waals surface area contributed by atoms with Crippen LogP contribution in [0.2, 0.25) is 0 Å². The van der Waals surface area contributed by atoms with Crippen molar-refractivity contribution in [3.8, 4) is 5.69 Å². The Morgan fingerprint density at radius 3 is 2.71 bits per heavy atom. The highest BCUT2D eigenvalue weighted by molar-refractivity contribution is 5.67. The maximum atomic E-state index is 11.8. The molecule has 2 aromatic heterocycles. The molecule has 24 heavy (non-hydrogen) atoms. The Labute approximate surface area is 141 Å². The maximum Gasteiger partial charge on any atom is 0.408 e. The number of alkyl carbamates (subject to hydrolysis) is 1. The summed E-state index contributed by atoms with van der Waals surface area (Å²) in [6, 6.07) is 4.04. The van der Waals surface area contributed by atoms with Crippen molar-refractivity contribution < 1.29 is 9.53 Å². The van der Waals surface area contributed by atoms with Crippen molar-refractivity contribution in [2.75, 3.05) is 0 Å². The fraction of sp³-hybridized carbons (Fsp3) is 0.529. The number of hydrogen-bond donors (Lipinski definition) is 1. The zero-order valence-corrected chi connectivity index (χ0v) is 14.3. The number of carbonyl (C=O) groups is 1. The summed E-state index contributed by atoms with van der Waals surface area (Å²) in [6.07, 6.45) is 6.53. The second kappa shape index (κ2) is 6.59. The lowest BCUT2D eigenvalue weighted by atomic mass is 9.83. The number of rotatable bonds is 4. The lowest BCUT2D eigenvalue weighted by Gasteiger charge is -2.24. The zero-order chi connectivity index (χ0) is 17.2. The van der Waals surface area contributed by atoms with E-state index in [1.54, 1.807) is 10.9 Å². The van der Waals surface area contributed by atoms with E-state index in [4.69, 9.17) is 4.74 Å².